The van der Waals surface area contributed by atoms with Gasteiger partial charge in [0.1, 0.15) is 5.75 Å². The standard InChI is InChI=1S/C12H13BrClNO2/c1-17-11-5-4-8(7-10(11)14)15-6-2-3-9(13)12(15)16/h4-5,7,9H,2-3,6H2,1H3. The number of benzene rings is 1. The molecule has 1 aliphatic rings. The van der Waals surface area contributed by atoms with Gasteiger partial charge in [0.15, 0.2) is 0 Å². The molecule has 92 valence electrons. The largest absolute Gasteiger partial charge is 0.495 e. The molecule has 3 nitrogen and oxygen atoms in total. The van der Waals surface area contributed by atoms with E-state index in [1.807, 2.05) is 6.07 Å². The van der Waals surface area contributed by atoms with Crippen molar-refractivity contribution in [1.29, 1.82) is 0 Å². The zero-order chi connectivity index (χ0) is 12.4. The van der Waals surface area contributed by atoms with Crippen LogP contribution in [0.1, 0.15) is 12.8 Å². The number of hydrogen-bond acceptors (Lipinski definition) is 2. The van der Waals surface area contributed by atoms with Gasteiger partial charge in [-0.2, -0.15) is 0 Å². The lowest BCUT2D eigenvalue weighted by molar-refractivity contribution is -0.118. The molecule has 1 aromatic rings. The third-order valence-corrected chi connectivity index (χ3v) is 3.97. The number of anilines is 1. The van der Waals surface area contributed by atoms with Crippen LogP contribution in [0.2, 0.25) is 5.02 Å². The van der Waals surface area contributed by atoms with E-state index in [0.717, 1.165) is 25.1 Å². The Kier molecular flexibility index (Phi) is 3.94. The molecule has 0 aromatic heterocycles. The number of amides is 1. The Labute approximate surface area is 114 Å². The Morgan fingerprint density at radius 1 is 1.53 bits per heavy atom. The molecule has 0 N–H and O–H groups in total. The number of carbonyl (C=O) groups excluding carboxylic acids is 1. The summed E-state index contributed by atoms with van der Waals surface area (Å²) in [4.78, 5) is 13.7. The molecule has 1 unspecified atom stereocenters. The first-order chi connectivity index (χ1) is 8.13. The highest BCUT2D eigenvalue weighted by Gasteiger charge is 2.27. The smallest absolute Gasteiger partial charge is 0.240 e. The van der Waals surface area contributed by atoms with Crippen molar-refractivity contribution in [3.8, 4) is 5.75 Å². The van der Waals surface area contributed by atoms with E-state index < -0.39 is 0 Å². The van der Waals surface area contributed by atoms with Crippen LogP contribution in [-0.4, -0.2) is 24.4 Å². The Hall–Kier alpha value is -0.740. The molecular formula is C12H13BrClNO2. The third kappa shape index (κ3) is 2.58. The summed E-state index contributed by atoms with van der Waals surface area (Å²) >= 11 is 9.45. The number of piperidine rings is 1. The first-order valence-electron chi connectivity index (χ1n) is 5.42. The van der Waals surface area contributed by atoms with E-state index in [0.29, 0.717) is 10.8 Å². The number of carbonyl (C=O) groups is 1. The fourth-order valence-corrected chi connectivity index (χ4v) is 2.73. The monoisotopic (exact) mass is 317 g/mol. The van der Waals surface area contributed by atoms with Gasteiger partial charge in [0.2, 0.25) is 5.91 Å². The van der Waals surface area contributed by atoms with Crippen LogP contribution in [0.5, 0.6) is 5.75 Å². The zero-order valence-electron chi connectivity index (χ0n) is 9.45. The van der Waals surface area contributed by atoms with Crippen LogP contribution < -0.4 is 9.64 Å². The summed E-state index contributed by atoms with van der Waals surface area (Å²) in [6, 6.07) is 5.40. The van der Waals surface area contributed by atoms with Gasteiger partial charge in [-0.1, -0.05) is 27.5 Å². The molecule has 0 saturated carbocycles. The molecule has 1 amide bonds. The highest BCUT2D eigenvalue weighted by molar-refractivity contribution is 9.10. The van der Waals surface area contributed by atoms with Gasteiger partial charge in [-0.15, -0.1) is 0 Å². The normalized spacial score (nSPS) is 20.5. The Morgan fingerprint density at radius 2 is 2.29 bits per heavy atom. The molecule has 0 radical (unpaired) electrons. The molecule has 0 bridgehead atoms. The molecule has 1 atom stereocenters. The average Bonchev–Trinajstić information content (AvgIpc) is 2.32. The third-order valence-electron chi connectivity index (χ3n) is 2.82. The summed E-state index contributed by atoms with van der Waals surface area (Å²) in [5.41, 5.74) is 0.824. The first kappa shape index (κ1) is 12.7. The second-order valence-corrected chi connectivity index (χ2v) is 5.43. The summed E-state index contributed by atoms with van der Waals surface area (Å²) in [6.07, 6.45) is 1.88. The van der Waals surface area contributed by atoms with Crippen LogP contribution in [0.25, 0.3) is 0 Å². The predicted molar refractivity (Wildman–Crippen MR) is 72.3 cm³/mol. The second-order valence-electron chi connectivity index (χ2n) is 3.92. The van der Waals surface area contributed by atoms with E-state index in [-0.39, 0.29) is 10.7 Å². The van der Waals surface area contributed by atoms with Crippen molar-refractivity contribution < 1.29 is 9.53 Å². The lowest BCUT2D eigenvalue weighted by atomic mass is 10.1. The van der Waals surface area contributed by atoms with Gasteiger partial charge in [-0.3, -0.25) is 4.79 Å². The highest BCUT2D eigenvalue weighted by atomic mass is 79.9. The van der Waals surface area contributed by atoms with Crippen molar-refractivity contribution >= 4 is 39.1 Å². The van der Waals surface area contributed by atoms with E-state index in [1.54, 1.807) is 24.1 Å². The van der Waals surface area contributed by atoms with Gasteiger partial charge in [0, 0.05) is 12.2 Å². The topological polar surface area (TPSA) is 29.5 Å². The summed E-state index contributed by atoms with van der Waals surface area (Å²) in [7, 11) is 1.57. The van der Waals surface area contributed by atoms with Crippen LogP contribution in [-0.2, 0) is 4.79 Å². The van der Waals surface area contributed by atoms with Crippen LogP contribution in [0, 0.1) is 0 Å². The van der Waals surface area contributed by atoms with E-state index in [1.165, 1.54) is 0 Å². The first-order valence-corrected chi connectivity index (χ1v) is 6.72. The van der Waals surface area contributed by atoms with Crippen LogP contribution in [0.3, 0.4) is 0 Å². The molecule has 0 aliphatic carbocycles. The predicted octanol–water partition coefficient (Wildman–Crippen LogP) is 3.24. The molecule has 1 aromatic carbocycles. The average molecular weight is 319 g/mol. The molecule has 5 heteroatoms. The maximum absolute atomic E-state index is 12.0. The van der Waals surface area contributed by atoms with Crippen molar-refractivity contribution in [1.82, 2.24) is 0 Å². The fraction of sp³-hybridized carbons (Fsp3) is 0.417. The summed E-state index contributed by atoms with van der Waals surface area (Å²) < 4.78 is 5.09. The van der Waals surface area contributed by atoms with Gasteiger partial charge in [0.05, 0.1) is 17.0 Å². The van der Waals surface area contributed by atoms with E-state index in [4.69, 9.17) is 16.3 Å². The quantitative estimate of drug-likeness (QED) is 0.784. The van der Waals surface area contributed by atoms with Gasteiger partial charge in [0.25, 0.3) is 0 Å². The van der Waals surface area contributed by atoms with Crippen LogP contribution >= 0.6 is 27.5 Å². The number of ether oxygens (including phenoxy) is 1. The van der Waals surface area contributed by atoms with Gasteiger partial charge >= 0.3 is 0 Å². The Balaban J connectivity index is 2.27. The number of methoxy groups -OCH3 is 1. The van der Waals surface area contributed by atoms with Crippen molar-refractivity contribution in [2.45, 2.75) is 17.7 Å². The van der Waals surface area contributed by atoms with E-state index in [2.05, 4.69) is 15.9 Å². The number of alkyl halides is 1. The molecule has 2 rings (SSSR count). The minimum Gasteiger partial charge on any atom is -0.495 e. The second kappa shape index (κ2) is 5.27. The minimum atomic E-state index is -0.0860. The SMILES string of the molecule is COc1ccc(N2CCCC(Br)C2=O)cc1Cl. The van der Waals surface area contributed by atoms with Crippen LogP contribution in [0.15, 0.2) is 18.2 Å². The number of rotatable bonds is 2. The summed E-state index contributed by atoms with van der Waals surface area (Å²) in [6.45, 7) is 0.740. The maximum Gasteiger partial charge on any atom is 0.240 e. The van der Waals surface area contributed by atoms with Crippen molar-refractivity contribution in [3.05, 3.63) is 23.2 Å². The summed E-state index contributed by atoms with van der Waals surface area (Å²) in [5, 5.41) is 0.523. The maximum atomic E-state index is 12.0. The molecule has 0 spiro atoms. The van der Waals surface area contributed by atoms with Crippen molar-refractivity contribution in [3.63, 3.8) is 0 Å². The van der Waals surface area contributed by atoms with Gasteiger partial charge in [-0.25, -0.2) is 0 Å². The minimum absolute atomic E-state index is 0.0860. The molecule has 1 aliphatic heterocycles. The van der Waals surface area contributed by atoms with Gasteiger partial charge < -0.3 is 9.64 Å². The number of nitrogens with zero attached hydrogens (tertiary/aromatic N) is 1. The van der Waals surface area contributed by atoms with Crippen LogP contribution in [0.4, 0.5) is 5.69 Å². The lowest BCUT2D eigenvalue weighted by Gasteiger charge is -2.30. The Bertz CT molecular complexity index is 439. The molecule has 1 fully saturated rings. The molecule has 17 heavy (non-hydrogen) atoms. The Morgan fingerprint density at radius 3 is 2.94 bits per heavy atom. The molecule has 1 heterocycles. The number of hydrogen-bond donors (Lipinski definition) is 0. The lowest BCUT2D eigenvalue weighted by Crippen LogP contribution is -2.41. The zero-order valence-corrected chi connectivity index (χ0v) is 11.8. The molecular weight excluding hydrogens is 305 g/mol. The number of halogens is 2. The highest BCUT2D eigenvalue weighted by Crippen LogP contribution is 2.31. The van der Waals surface area contributed by atoms with Gasteiger partial charge in [-0.05, 0) is 31.0 Å². The van der Waals surface area contributed by atoms with E-state index in [9.17, 15) is 4.79 Å². The fourth-order valence-electron chi connectivity index (χ4n) is 1.91. The van der Waals surface area contributed by atoms with Crippen molar-refractivity contribution in [2.75, 3.05) is 18.6 Å². The summed E-state index contributed by atoms with van der Waals surface area (Å²) in [5.74, 6) is 0.716. The van der Waals surface area contributed by atoms with E-state index >= 15 is 0 Å². The molecule has 1 saturated heterocycles. The van der Waals surface area contributed by atoms with Crippen molar-refractivity contribution in [2.24, 2.45) is 0 Å².